The Morgan fingerprint density at radius 3 is 2.62 bits per heavy atom. The van der Waals surface area contributed by atoms with Crippen LogP contribution in [0.1, 0.15) is 26.5 Å². The summed E-state index contributed by atoms with van der Waals surface area (Å²) in [5, 5.41) is 0.576. The molecule has 0 saturated heterocycles. The van der Waals surface area contributed by atoms with E-state index in [4.69, 9.17) is 11.6 Å². The van der Waals surface area contributed by atoms with Gasteiger partial charge >= 0.3 is 0 Å². The second kappa shape index (κ2) is 4.34. The molecule has 0 amide bonds. The van der Waals surface area contributed by atoms with Crippen LogP contribution < -0.4 is 0 Å². The molecule has 0 aliphatic carbocycles. The number of pyridine rings is 1. The van der Waals surface area contributed by atoms with E-state index >= 15 is 0 Å². The van der Waals surface area contributed by atoms with Gasteiger partial charge in [-0.15, -0.1) is 11.8 Å². The third kappa shape index (κ3) is 4.53. The average molecular weight is 216 g/mol. The van der Waals surface area contributed by atoms with E-state index in [0.29, 0.717) is 5.15 Å². The summed E-state index contributed by atoms with van der Waals surface area (Å²) >= 11 is 7.65. The van der Waals surface area contributed by atoms with Crippen LogP contribution in [0, 0.1) is 0 Å². The summed E-state index contributed by atoms with van der Waals surface area (Å²) in [5.41, 5.74) is 1.05. The van der Waals surface area contributed by atoms with Crippen molar-refractivity contribution in [3.63, 3.8) is 0 Å². The molecule has 0 saturated carbocycles. The summed E-state index contributed by atoms with van der Waals surface area (Å²) in [4.78, 5) is 4.22. The highest BCUT2D eigenvalue weighted by atomic mass is 35.5. The number of thioether (sulfide) groups is 1. The van der Waals surface area contributed by atoms with Crippen molar-refractivity contribution in [2.24, 2.45) is 0 Å². The largest absolute Gasteiger partial charge is 0.240 e. The van der Waals surface area contributed by atoms with Gasteiger partial charge in [0.2, 0.25) is 0 Å². The third-order valence-corrected chi connectivity index (χ3v) is 2.94. The lowest BCUT2D eigenvalue weighted by atomic mass is 10.3. The van der Waals surface area contributed by atoms with E-state index in [9.17, 15) is 0 Å². The Labute approximate surface area is 88.9 Å². The van der Waals surface area contributed by atoms with Crippen molar-refractivity contribution >= 4 is 23.4 Å². The molecule has 1 aromatic heterocycles. The molecule has 0 unspecified atom stereocenters. The van der Waals surface area contributed by atoms with E-state index in [1.165, 1.54) is 0 Å². The summed E-state index contributed by atoms with van der Waals surface area (Å²) in [6.45, 7) is 6.59. The third-order valence-electron chi connectivity index (χ3n) is 1.43. The van der Waals surface area contributed by atoms with Gasteiger partial charge in [0.15, 0.2) is 0 Å². The molecule has 72 valence electrons. The van der Waals surface area contributed by atoms with Crippen LogP contribution in [0.15, 0.2) is 18.2 Å². The predicted molar refractivity (Wildman–Crippen MR) is 60.3 cm³/mol. The van der Waals surface area contributed by atoms with Gasteiger partial charge in [0.25, 0.3) is 0 Å². The molecule has 0 fully saturated rings. The lowest BCUT2D eigenvalue weighted by Crippen LogP contribution is -2.07. The van der Waals surface area contributed by atoms with Crippen LogP contribution in [0.5, 0.6) is 0 Å². The van der Waals surface area contributed by atoms with Crippen molar-refractivity contribution in [1.82, 2.24) is 4.98 Å². The first-order valence-electron chi connectivity index (χ1n) is 4.23. The maximum Gasteiger partial charge on any atom is 0.129 e. The standard InChI is InChI=1S/C10H14ClNS/c1-10(2,3)13-7-8-5-4-6-9(11)12-8/h4-6H,7H2,1-3H3. The molecule has 13 heavy (non-hydrogen) atoms. The predicted octanol–water partition coefficient (Wildman–Crippen LogP) is 3.77. The van der Waals surface area contributed by atoms with Gasteiger partial charge in [-0.2, -0.15) is 0 Å². The Hall–Kier alpha value is -0.210. The smallest absolute Gasteiger partial charge is 0.129 e. The first-order valence-corrected chi connectivity index (χ1v) is 5.59. The van der Waals surface area contributed by atoms with E-state index in [0.717, 1.165) is 11.4 Å². The van der Waals surface area contributed by atoms with Gasteiger partial charge in [-0.1, -0.05) is 38.4 Å². The van der Waals surface area contributed by atoms with Crippen LogP contribution in [-0.2, 0) is 5.75 Å². The lowest BCUT2D eigenvalue weighted by molar-refractivity contribution is 0.801. The van der Waals surface area contributed by atoms with Crippen molar-refractivity contribution < 1.29 is 0 Å². The monoisotopic (exact) mass is 215 g/mol. The number of aromatic nitrogens is 1. The van der Waals surface area contributed by atoms with Crippen molar-refractivity contribution in [3.8, 4) is 0 Å². The molecule has 3 heteroatoms. The first kappa shape index (κ1) is 10.9. The summed E-state index contributed by atoms with van der Waals surface area (Å²) in [6.07, 6.45) is 0. The zero-order chi connectivity index (χ0) is 9.90. The average Bonchev–Trinajstić information content (AvgIpc) is 2.00. The Kier molecular flexibility index (Phi) is 3.63. The highest BCUT2D eigenvalue weighted by Crippen LogP contribution is 2.26. The summed E-state index contributed by atoms with van der Waals surface area (Å²) < 4.78 is 0.282. The maximum atomic E-state index is 5.77. The second-order valence-electron chi connectivity index (χ2n) is 3.85. The lowest BCUT2D eigenvalue weighted by Gasteiger charge is -2.16. The fourth-order valence-corrected chi connectivity index (χ4v) is 1.74. The van der Waals surface area contributed by atoms with E-state index in [2.05, 4.69) is 25.8 Å². The number of rotatable bonds is 2. The van der Waals surface area contributed by atoms with Crippen LogP contribution in [0.3, 0.4) is 0 Å². The van der Waals surface area contributed by atoms with Crippen molar-refractivity contribution in [2.45, 2.75) is 31.3 Å². The molecular formula is C10H14ClNS. The number of hydrogen-bond donors (Lipinski definition) is 0. The van der Waals surface area contributed by atoms with Crippen molar-refractivity contribution in [3.05, 3.63) is 29.0 Å². The first-order chi connectivity index (χ1) is 5.97. The van der Waals surface area contributed by atoms with Gasteiger partial charge in [-0.05, 0) is 12.1 Å². The van der Waals surface area contributed by atoms with Crippen LogP contribution in [-0.4, -0.2) is 9.73 Å². The summed E-state index contributed by atoms with van der Waals surface area (Å²) in [7, 11) is 0. The fraction of sp³-hybridized carbons (Fsp3) is 0.500. The zero-order valence-electron chi connectivity index (χ0n) is 8.17. The summed E-state index contributed by atoms with van der Waals surface area (Å²) in [5.74, 6) is 0.921. The van der Waals surface area contributed by atoms with Gasteiger partial charge in [0.1, 0.15) is 5.15 Å². The molecule has 1 heterocycles. The van der Waals surface area contributed by atoms with Crippen LogP contribution in [0.4, 0.5) is 0 Å². The van der Waals surface area contributed by atoms with E-state index in [-0.39, 0.29) is 4.75 Å². The fourth-order valence-electron chi connectivity index (χ4n) is 0.821. The van der Waals surface area contributed by atoms with E-state index in [1.807, 2.05) is 23.9 Å². The van der Waals surface area contributed by atoms with E-state index in [1.54, 1.807) is 6.07 Å². The highest BCUT2D eigenvalue weighted by molar-refractivity contribution is 7.99. The molecule has 0 spiro atoms. The minimum Gasteiger partial charge on any atom is -0.240 e. The number of nitrogens with zero attached hydrogens (tertiary/aromatic N) is 1. The van der Waals surface area contributed by atoms with Gasteiger partial charge < -0.3 is 0 Å². The van der Waals surface area contributed by atoms with Crippen LogP contribution in [0.25, 0.3) is 0 Å². The molecule has 0 bridgehead atoms. The van der Waals surface area contributed by atoms with Gasteiger partial charge in [-0.25, -0.2) is 4.98 Å². The Morgan fingerprint density at radius 1 is 1.38 bits per heavy atom. The molecule has 1 rings (SSSR count). The van der Waals surface area contributed by atoms with Crippen molar-refractivity contribution in [1.29, 1.82) is 0 Å². The van der Waals surface area contributed by atoms with Gasteiger partial charge in [0, 0.05) is 10.5 Å². The van der Waals surface area contributed by atoms with Gasteiger partial charge in [0.05, 0.1) is 5.69 Å². The molecule has 0 N–H and O–H groups in total. The number of halogens is 1. The maximum absolute atomic E-state index is 5.77. The molecule has 0 radical (unpaired) electrons. The molecule has 0 atom stereocenters. The zero-order valence-corrected chi connectivity index (χ0v) is 9.75. The van der Waals surface area contributed by atoms with Gasteiger partial charge in [-0.3, -0.25) is 0 Å². The number of hydrogen-bond acceptors (Lipinski definition) is 2. The minimum absolute atomic E-state index is 0.282. The Balaban J connectivity index is 2.55. The summed E-state index contributed by atoms with van der Waals surface area (Å²) in [6, 6.07) is 5.74. The molecule has 1 aromatic rings. The minimum atomic E-state index is 0.282. The molecule has 0 aliphatic heterocycles. The quantitative estimate of drug-likeness (QED) is 0.697. The SMILES string of the molecule is CC(C)(C)SCc1cccc(Cl)n1. The topological polar surface area (TPSA) is 12.9 Å². The highest BCUT2D eigenvalue weighted by Gasteiger charge is 2.10. The second-order valence-corrected chi connectivity index (χ2v) is 6.04. The molecular weight excluding hydrogens is 202 g/mol. The Morgan fingerprint density at radius 2 is 2.08 bits per heavy atom. The molecule has 0 aromatic carbocycles. The van der Waals surface area contributed by atoms with Crippen LogP contribution in [0.2, 0.25) is 5.15 Å². The molecule has 1 nitrogen and oxygen atoms in total. The van der Waals surface area contributed by atoms with Crippen LogP contribution >= 0.6 is 23.4 Å². The van der Waals surface area contributed by atoms with Crippen molar-refractivity contribution in [2.75, 3.05) is 0 Å². The van der Waals surface area contributed by atoms with E-state index < -0.39 is 0 Å². The molecule has 0 aliphatic rings. The normalized spacial score (nSPS) is 11.7. The Bertz CT molecular complexity index is 280.